The predicted octanol–water partition coefficient (Wildman–Crippen LogP) is 3.79. The predicted molar refractivity (Wildman–Crippen MR) is 99.8 cm³/mol. The molecule has 1 amide bonds. The third-order valence-electron chi connectivity index (χ3n) is 4.68. The maximum absolute atomic E-state index is 12.6. The van der Waals surface area contributed by atoms with Crippen molar-refractivity contribution in [1.29, 1.82) is 0 Å². The van der Waals surface area contributed by atoms with Crippen LogP contribution in [0.15, 0.2) is 12.3 Å². The molecule has 0 radical (unpaired) electrons. The van der Waals surface area contributed by atoms with Gasteiger partial charge in [-0.05, 0) is 45.2 Å². The van der Waals surface area contributed by atoms with E-state index >= 15 is 0 Å². The Labute approximate surface area is 162 Å². The largest absolute Gasteiger partial charge is 0.417 e. The van der Waals surface area contributed by atoms with Gasteiger partial charge in [-0.2, -0.15) is 13.2 Å². The summed E-state index contributed by atoms with van der Waals surface area (Å²) in [6, 6.07) is 1.33. The van der Waals surface area contributed by atoms with Crippen LogP contribution in [-0.4, -0.2) is 48.0 Å². The molecule has 1 aromatic heterocycles. The molecule has 1 aliphatic heterocycles. The number of hydrogen-bond acceptors (Lipinski definition) is 4. The smallest absolute Gasteiger partial charge is 0.368 e. The number of piperidine rings is 1. The lowest BCUT2D eigenvalue weighted by atomic mass is 9.97. The van der Waals surface area contributed by atoms with Crippen molar-refractivity contribution in [2.75, 3.05) is 31.5 Å². The molecule has 0 bridgehead atoms. The first-order valence-corrected chi connectivity index (χ1v) is 9.52. The fraction of sp³-hybridized carbons (Fsp3) is 0.667. The second-order valence-electron chi connectivity index (χ2n) is 7.13. The van der Waals surface area contributed by atoms with E-state index in [1.54, 1.807) is 0 Å². The van der Waals surface area contributed by atoms with E-state index < -0.39 is 11.7 Å². The highest BCUT2D eigenvalue weighted by molar-refractivity contribution is 6.32. The second kappa shape index (κ2) is 9.59. The lowest BCUT2D eigenvalue weighted by Crippen LogP contribution is -2.43. The number of amides is 1. The van der Waals surface area contributed by atoms with Crippen LogP contribution in [0.25, 0.3) is 0 Å². The van der Waals surface area contributed by atoms with Gasteiger partial charge in [-0.3, -0.25) is 4.79 Å². The number of nitrogens with one attached hydrogen (secondary N) is 2. The fourth-order valence-electron chi connectivity index (χ4n) is 3.10. The molecule has 1 atom stereocenters. The highest BCUT2D eigenvalue weighted by Crippen LogP contribution is 2.32. The first-order valence-electron chi connectivity index (χ1n) is 9.14. The Morgan fingerprint density at radius 2 is 2.19 bits per heavy atom. The van der Waals surface area contributed by atoms with Crippen LogP contribution in [0.5, 0.6) is 0 Å². The van der Waals surface area contributed by atoms with E-state index in [4.69, 9.17) is 11.6 Å². The number of anilines is 1. The summed E-state index contributed by atoms with van der Waals surface area (Å²) in [5.41, 5.74) is -0.904. The van der Waals surface area contributed by atoms with E-state index in [2.05, 4.69) is 34.4 Å². The average Bonchev–Trinajstić information content (AvgIpc) is 2.60. The quantitative estimate of drug-likeness (QED) is 0.723. The SMILES string of the molecule is CC(C)N1CCCC(CNC(=O)CCNc2ncc(C(F)(F)F)cc2Cl)C1. The Morgan fingerprint density at radius 1 is 1.44 bits per heavy atom. The van der Waals surface area contributed by atoms with Gasteiger partial charge in [0, 0.05) is 38.3 Å². The van der Waals surface area contributed by atoms with Crippen LogP contribution in [0, 0.1) is 5.92 Å². The van der Waals surface area contributed by atoms with Crippen molar-refractivity contribution in [3.63, 3.8) is 0 Å². The molecule has 0 saturated carbocycles. The van der Waals surface area contributed by atoms with E-state index in [1.165, 1.54) is 0 Å². The van der Waals surface area contributed by atoms with Crippen LogP contribution in [0.4, 0.5) is 19.0 Å². The van der Waals surface area contributed by atoms with E-state index in [0.717, 1.165) is 38.2 Å². The molecule has 0 aliphatic carbocycles. The Morgan fingerprint density at radius 3 is 2.81 bits per heavy atom. The average molecular weight is 407 g/mol. The highest BCUT2D eigenvalue weighted by atomic mass is 35.5. The molecule has 1 saturated heterocycles. The van der Waals surface area contributed by atoms with Gasteiger partial charge in [0.1, 0.15) is 5.82 Å². The van der Waals surface area contributed by atoms with Gasteiger partial charge >= 0.3 is 6.18 Å². The van der Waals surface area contributed by atoms with Gasteiger partial charge in [0.15, 0.2) is 0 Å². The van der Waals surface area contributed by atoms with E-state index in [1.807, 2.05) is 0 Å². The third kappa shape index (κ3) is 6.84. The van der Waals surface area contributed by atoms with Crippen LogP contribution in [-0.2, 0) is 11.0 Å². The van der Waals surface area contributed by atoms with Crippen molar-refractivity contribution >= 4 is 23.3 Å². The van der Waals surface area contributed by atoms with Crippen LogP contribution in [0.3, 0.4) is 0 Å². The summed E-state index contributed by atoms with van der Waals surface area (Å²) in [4.78, 5) is 18.1. The summed E-state index contributed by atoms with van der Waals surface area (Å²) < 4.78 is 37.8. The van der Waals surface area contributed by atoms with Gasteiger partial charge in [0.05, 0.1) is 10.6 Å². The van der Waals surface area contributed by atoms with Crippen molar-refractivity contribution in [2.45, 2.75) is 45.3 Å². The number of carbonyl (C=O) groups excluding carboxylic acids is 1. The second-order valence-corrected chi connectivity index (χ2v) is 7.54. The van der Waals surface area contributed by atoms with Crippen molar-refractivity contribution < 1.29 is 18.0 Å². The maximum atomic E-state index is 12.6. The molecule has 2 N–H and O–H groups in total. The van der Waals surface area contributed by atoms with E-state index in [-0.39, 0.29) is 29.7 Å². The molecule has 1 aliphatic rings. The van der Waals surface area contributed by atoms with Crippen molar-refractivity contribution in [1.82, 2.24) is 15.2 Å². The molecule has 1 fully saturated rings. The zero-order valence-corrected chi connectivity index (χ0v) is 16.3. The summed E-state index contributed by atoms with van der Waals surface area (Å²) in [5, 5.41) is 5.61. The highest BCUT2D eigenvalue weighted by Gasteiger charge is 2.31. The monoisotopic (exact) mass is 406 g/mol. The Hall–Kier alpha value is -1.54. The number of halogens is 4. The molecule has 27 heavy (non-hydrogen) atoms. The van der Waals surface area contributed by atoms with Gasteiger partial charge in [-0.1, -0.05) is 11.6 Å². The van der Waals surface area contributed by atoms with E-state index in [9.17, 15) is 18.0 Å². The summed E-state index contributed by atoms with van der Waals surface area (Å²) in [5.74, 6) is 0.480. The van der Waals surface area contributed by atoms with E-state index in [0.29, 0.717) is 18.5 Å². The topological polar surface area (TPSA) is 57.3 Å². The first kappa shape index (κ1) is 21.8. The number of hydrogen-bond donors (Lipinski definition) is 2. The summed E-state index contributed by atoms with van der Waals surface area (Å²) >= 11 is 5.82. The Bertz CT molecular complexity index is 640. The standard InChI is InChI=1S/C18H26ClF3N4O/c1-12(2)26-7-3-4-13(11-26)9-24-16(27)5-6-23-17-15(19)8-14(10-25-17)18(20,21)22/h8,10,12-13H,3-7,9,11H2,1-2H3,(H,23,25)(H,24,27). The molecule has 9 heteroatoms. The van der Waals surface area contributed by atoms with Crippen molar-refractivity contribution in [3.05, 3.63) is 22.8 Å². The lowest BCUT2D eigenvalue weighted by molar-refractivity contribution is -0.137. The van der Waals surface area contributed by atoms with Gasteiger partial charge in [-0.15, -0.1) is 0 Å². The molecule has 2 rings (SSSR count). The maximum Gasteiger partial charge on any atom is 0.417 e. The van der Waals surface area contributed by atoms with Crippen molar-refractivity contribution in [2.24, 2.45) is 5.92 Å². The van der Waals surface area contributed by atoms with Crippen LogP contribution >= 0.6 is 11.6 Å². The van der Waals surface area contributed by atoms with Crippen LogP contribution in [0.2, 0.25) is 5.02 Å². The fourth-order valence-corrected chi connectivity index (χ4v) is 3.33. The Balaban J connectivity index is 1.72. The molecular weight excluding hydrogens is 381 g/mol. The molecule has 152 valence electrons. The molecule has 1 unspecified atom stereocenters. The first-order chi connectivity index (χ1) is 12.7. The number of rotatable bonds is 7. The zero-order valence-electron chi connectivity index (χ0n) is 15.6. The minimum atomic E-state index is -4.49. The lowest BCUT2D eigenvalue weighted by Gasteiger charge is -2.35. The van der Waals surface area contributed by atoms with Crippen LogP contribution in [0.1, 0.15) is 38.7 Å². The molecule has 1 aromatic rings. The molecular formula is C18H26ClF3N4O. The summed E-state index contributed by atoms with van der Waals surface area (Å²) in [6.45, 7) is 7.32. The molecule has 0 spiro atoms. The molecule has 5 nitrogen and oxygen atoms in total. The summed E-state index contributed by atoms with van der Waals surface area (Å²) in [7, 11) is 0. The minimum absolute atomic E-state index is 0.104. The minimum Gasteiger partial charge on any atom is -0.368 e. The summed E-state index contributed by atoms with van der Waals surface area (Å²) in [6.07, 6.45) is -1.33. The van der Waals surface area contributed by atoms with Gasteiger partial charge in [0.2, 0.25) is 5.91 Å². The number of carbonyl (C=O) groups is 1. The number of aromatic nitrogens is 1. The normalized spacial score (nSPS) is 18.6. The zero-order chi connectivity index (χ0) is 20.0. The molecule has 0 aromatic carbocycles. The van der Waals surface area contributed by atoms with Gasteiger partial charge in [0.25, 0.3) is 0 Å². The third-order valence-corrected chi connectivity index (χ3v) is 4.97. The van der Waals surface area contributed by atoms with Gasteiger partial charge < -0.3 is 15.5 Å². The Kier molecular flexibility index (Phi) is 7.73. The number of likely N-dealkylation sites (tertiary alicyclic amines) is 1. The number of pyridine rings is 1. The molecule has 2 heterocycles. The van der Waals surface area contributed by atoms with Crippen molar-refractivity contribution in [3.8, 4) is 0 Å². The van der Waals surface area contributed by atoms with Crippen LogP contribution < -0.4 is 10.6 Å². The number of nitrogens with zero attached hydrogens (tertiary/aromatic N) is 2. The number of alkyl halides is 3. The van der Waals surface area contributed by atoms with Gasteiger partial charge in [-0.25, -0.2) is 4.98 Å².